The van der Waals surface area contributed by atoms with Crippen molar-refractivity contribution in [1.29, 1.82) is 0 Å². The lowest BCUT2D eigenvalue weighted by molar-refractivity contribution is 0.0940. The molecule has 1 N–H and O–H groups in total. The van der Waals surface area contributed by atoms with E-state index in [0.717, 1.165) is 29.7 Å². The number of methoxy groups -OCH3 is 1. The molecule has 1 atom stereocenters. The number of carbonyl (C=O) groups excluding carboxylic acids is 1. The Bertz CT molecular complexity index is 972. The van der Waals surface area contributed by atoms with Crippen LogP contribution in [-0.2, 0) is 22.9 Å². The van der Waals surface area contributed by atoms with E-state index in [1.165, 1.54) is 10.6 Å². The van der Waals surface area contributed by atoms with E-state index in [4.69, 9.17) is 4.74 Å². The second-order valence-electron chi connectivity index (χ2n) is 7.21. The van der Waals surface area contributed by atoms with E-state index in [9.17, 15) is 13.2 Å². The normalized spacial score (nSPS) is 14.9. The van der Waals surface area contributed by atoms with Gasteiger partial charge in [0.05, 0.1) is 19.1 Å². The molecule has 2 aromatic rings. The van der Waals surface area contributed by atoms with E-state index in [-0.39, 0.29) is 11.9 Å². The van der Waals surface area contributed by atoms with Gasteiger partial charge in [-0.15, -0.1) is 0 Å². The SMILES string of the molecule is COc1cccc(CC(C)NC(=O)c2ccc3c(c2)CCCN3S(C)(=O)=O)c1. The van der Waals surface area contributed by atoms with Crippen LogP contribution in [0.3, 0.4) is 0 Å². The van der Waals surface area contributed by atoms with E-state index in [2.05, 4.69) is 5.32 Å². The van der Waals surface area contributed by atoms with E-state index >= 15 is 0 Å². The number of rotatable bonds is 6. The van der Waals surface area contributed by atoms with Gasteiger partial charge in [0.25, 0.3) is 5.91 Å². The fraction of sp³-hybridized carbons (Fsp3) is 0.381. The van der Waals surface area contributed by atoms with Crippen molar-refractivity contribution in [3.63, 3.8) is 0 Å². The minimum Gasteiger partial charge on any atom is -0.497 e. The highest BCUT2D eigenvalue weighted by atomic mass is 32.2. The molecule has 0 saturated carbocycles. The summed E-state index contributed by atoms with van der Waals surface area (Å²) < 4.78 is 30.6. The summed E-state index contributed by atoms with van der Waals surface area (Å²) in [7, 11) is -1.68. The van der Waals surface area contributed by atoms with Gasteiger partial charge in [-0.25, -0.2) is 8.42 Å². The second kappa shape index (κ2) is 8.22. The summed E-state index contributed by atoms with van der Waals surface area (Å²) in [5.41, 5.74) is 3.20. The van der Waals surface area contributed by atoms with E-state index in [1.54, 1.807) is 25.3 Å². The Kier molecular flexibility index (Phi) is 5.93. The zero-order valence-electron chi connectivity index (χ0n) is 16.4. The molecule has 1 unspecified atom stereocenters. The molecule has 0 saturated heterocycles. The van der Waals surface area contributed by atoms with E-state index in [1.807, 2.05) is 31.2 Å². The van der Waals surface area contributed by atoms with Gasteiger partial charge in [0.1, 0.15) is 5.75 Å². The van der Waals surface area contributed by atoms with Crippen LogP contribution < -0.4 is 14.4 Å². The molecule has 0 aromatic heterocycles. The number of fused-ring (bicyclic) bond motifs is 1. The van der Waals surface area contributed by atoms with Crippen LogP contribution in [0.4, 0.5) is 5.69 Å². The molecule has 0 bridgehead atoms. The predicted molar refractivity (Wildman–Crippen MR) is 111 cm³/mol. The van der Waals surface area contributed by atoms with E-state index < -0.39 is 10.0 Å². The Balaban J connectivity index is 1.71. The first-order valence-electron chi connectivity index (χ1n) is 9.32. The largest absolute Gasteiger partial charge is 0.497 e. The molecule has 7 heteroatoms. The smallest absolute Gasteiger partial charge is 0.251 e. The molecule has 1 heterocycles. The Hall–Kier alpha value is -2.54. The molecular weight excluding hydrogens is 376 g/mol. The molecule has 2 aromatic carbocycles. The van der Waals surface area contributed by atoms with Gasteiger partial charge in [0.15, 0.2) is 0 Å². The molecule has 0 radical (unpaired) electrons. The van der Waals surface area contributed by atoms with Gasteiger partial charge in [-0.3, -0.25) is 9.10 Å². The van der Waals surface area contributed by atoms with Crippen molar-refractivity contribution in [1.82, 2.24) is 5.32 Å². The van der Waals surface area contributed by atoms with Crippen LogP contribution in [0.2, 0.25) is 0 Å². The quantitative estimate of drug-likeness (QED) is 0.806. The third-order valence-corrected chi connectivity index (χ3v) is 6.05. The maximum absolute atomic E-state index is 12.7. The van der Waals surface area contributed by atoms with Crippen molar-refractivity contribution in [3.05, 3.63) is 59.2 Å². The standard InChI is InChI=1S/C21H26N2O4S/c1-15(12-16-6-4-8-19(13-16)27-2)22-21(24)18-9-10-20-17(14-18)7-5-11-23(20)28(3,25)26/h4,6,8-10,13-15H,5,7,11-12H2,1-3H3,(H,22,24). The summed E-state index contributed by atoms with van der Waals surface area (Å²) in [6.07, 6.45) is 3.41. The highest BCUT2D eigenvalue weighted by Crippen LogP contribution is 2.29. The Morgan fingerprint density at radius 3 is 2.75 bits per heavy atom. The third kappa shape index (κ3) is 4.65. The van der Waals surface area contributed by atoms with Gasteiger partial charge in [0, 0.05) is 18.2 Å². The lowest BCUT2D eigenvalue weighted by atomic mass is 10.00. The first kappa shape index (κ1) is 20.2. The summed E-state index contributed by atoms with van der Waals surface area (Å²) in [6, 6.07) is 13.0. The number of carbonyl (C=O) groups is 1. The van der Waals surface area contributed by atoms with Gasteiger partial charge in [-0.2, -0.15) is 0 Å². The van der Waals surface area contributed by atoms with Crippen molar-refractivity contribution in [3.8, 4) is 5.75 Å². The molecule has 1 aliphatic heterocycles. The number of anilines is 1. The highest BCUT2D eigenvalue weighted by molar-refractivity contribution is 7.92. The first-order chi connectivity index (χ1) is 13.3. The number of hydrogen-bond acceptors (Lipinski definition) is 4. The molecule has 1 aliphatic rings. The number of amides is 1. The number of nitrogens with one attached hydrogen (secondary N) is 1. The van der Waals surface area contributed by atoms with Crippen LogP contribution >= 0.6 is 0 Å². The molecule has 150 valence electrons. The molecule has 28 heavy (non-hydrogen) atoms. The van der Waals surface area contributed by atoms with Gasteiger partial charge in [0.2, 0.25) is 10.0 Å². The van der Waals surface area contributed by atoms with Crippen molar-refractivity contribution in [2.45, 2.75) is 32.2 Å². The van der Waals surface area contributed by atoms with E-state index in [0.29, 0.717) is 24.2 Å². The fourth-order valence-corrected chi connectivity index (χ4v) is 4.56. The number of sulfonamides is 1. The minimum absolute atomic E-state index is 0.0526. The second-order valence-corrected chi connectivity index (χ2v) is 9.12. The van der Waals surface area contributed by atoms with Crippen LogP contribution in [-0.4, -0.2) is 40.3 Å². The number of benzene rings is 2. The Morgan fingerprint density at radius 1 is 1.25 bits per heavy atom. The van der Waals surface area contributed by atoms with Crippen molar-refractivity contribution >= 4 is 21.6 Å². The lowest BCUT2D eigenvalue weighted by Gasteiger charge is -2.29. The van der Waals surface area contributed by atoms with Crippen LogP contribution in [0, 0.1) is 0 Å². The molecule has 0 aliphatic carbocycles. The maximum atomic E-state index is 12.7. The zero-order chi connectivity index (χ0) is 20.3. The van der Waals surface area contributed by atoms with Crippen LogP contribution in [0.15, 0.2) is 42.5 Å². The van der Waals surface area contributed by atoms with Crippen molar-refractivity contribution in [2.75, 3.05) is 24.2 Å². The average molecular weight is 403 g/mol. The fourth-order valence-electron chi connectivity index (χ4n) is 3.56. The predicted octanol–water partition coefficient (Wildman–Crippen LogP) is 2.77. The number of aryl methyl sites for hydroxylation is 1. The van der Waals surface area contributed by atoms with Gasteiger partial charge in [-0.1, -0.05) is 12.1 Å². The van der Waals surface area contributed by atoms with Crippen molar-refractivity contribution in [2.24, 2.45) is 0 Å². The van der Waals surface area contributed by atoms with Crippen LogP contribution in [0.5, 0.6) is 5.75 Å². The number of hydrogen-bond donors (Lipinski definition) is 1. The third-order valence-electron chi connectivity index (χ3n) is 4.87. The van der Waals surface area contributed by atoms with Gasteiger partial charge in [-0.05, 0) is 67.6 Å². The topological polar surface area (TPSA) is 75.7 Å². The van der Waals surface area contributed by atoms with Crippen LogP contribution in [0.25, 0.3) is 0 Å². The Labute approximate surface area is 166 Å². The lowest BCUT2D eigenvalue weighted by Crippen LogP contribution is -2.36. The molecule has 6 nitrogen and oxygen atoms in total. The summed E-state index contributed by atoms with van der Waals surface area (Å²) in [4.78, 5) is 12.7. The number of ether oxygens (including phenoxy) is 1. The minimum atomic E-state index is -3.31. The average Bonchev–Trinajstić information content (AvgIpc) is 2.66. The molecule has 3 rings (SSSR count). The zero-order valence-corrected chi connectivity index (χ0v) is 17.3. The highest BCUT2D eigenvalue weighted by Gasteiger charge is 2.24. The van der Waals surface area contributed by atoms with Crippen molar-refractivity contribution < 1.29 is 17.9 Å². The maximum Gasteiger partial charge on any atom is 0.251 e. The molecule has 0 fully saturated rings. The molecular formula is C21H26N2O4S. The Morgan fingerprint density at radius 2 is 2.04 bits per heavy atom. The van der Waals surface area contributed by atoms with Gasteiger partial charge < -0.3 is 10.1 Å². The van der Waals surface area contributed by atoms with Crippen LogP contribution in [0.1, 0.15) is 34.8 Å². The van der Waals surface area contributed by atoms with Gasteiger partial charge >= 0.3 is 0 Å². The number of nitrogens with zero attached hydrogens (tertiary/aromatic N) is 1. The summed E-state index contributed by atoms with van der Waals surface area (Å²) in [5, 5.41) is 3.02. The first-order valence-corrected chi connectivity index (χ1v) is 11.2. The summed E-state index contributed by atoms with van der Waals surface area (Å²) in [6.45, 7) is 2.44. The molecule has 0 spiro atoms. The summed E-state index contributed by atoms with van der Waals surface area (Å²) in [5.74, 6) is 0.635. The monoisotopic (exact) mass is 402 g/mol. The molecule has 1 amide bonds. The summed E-state index contributed by atoms with van der Waals surface area (Å²) >= 11 is 0.